The molecule has 0 aromatic heterocycles. The summed E-state index contributed by atoms with van der Waals surface area (Å²) < 4.78 is 0. The Morgan fingerprint density at radius 1 is 1.13 bits per heavy atom. The van der Waals surface area contributed by atoms with Crippen LogP contribution in [0.2, 0.25) is 0 Å². The van der Waals surface area contributed by atoms with Crippen LogP contribution < -0.4 is 0 Å². The summed E-state index contributed by atoms with van der Waals surface area (Å²) in [6, 6.07) is 0. The van der Waals surface area contributed by atoms with E-state index in [-0.39, 0.29) is 17.1 Å². The molecule has 0 unspecified atom stereocenters. The van der Waals surface area contributed by atoms with Crippen LogP contribution >= 0.6 is 0 Å². The van der Waals surface area contributed by atoms with Crippen molar-refractivity contribution in [1.29, 1.82) is 0 Å². The summed E-state index contributed by atoms with van der Waals surface area (Å²) in [6.45, 7) is 2.15. The molecule has 0 radical (unpaired) electrons. The zero-order valence-corrected chi connectivity index (χ0v) is 13.8. The Labute approximate surface area is 138 Å². The van der Waals surface area contributed by atoms with E-state index in [0.717, 1.165) is 37.7 Å². The summed E-state index contributed by atoms with van der Waals surface area (Å²) in [5.74, 6) is 3.85. The standard InChI is InChI=1S/C20H26O3/c1-3-19(22)10-8-16-15-5-4-13-12-14(21)6-11-20(13,23)17(15)7-9-18(16,19)2/h1,12,15-17,22-23H,4-11H2,2H3/t15-,16+,17+,18-,19-,20+/m0/s1. The summed E-state index contributed by atoms with van der Waals surface area (Å²) in [5, 5.41) is 22.3. The lowest BCUT2D eigenvalue weighted by atomic mass is 9.49. The van der Waals surface area contributed by atoms with Crippen LogP contribution in [0, 0.1) is 35.5 Å². The number of hydrogen-bond acceptors (Lipinski definition) is 3. The van der Waals surface area contributed by atoms with Crippen LogP contribution in [0.1, 0.15) is 58.3 Å². The minimum absolute atomic E-state index is 0.159. The summed E-state index contributed by atoms with van der Waals surface area (Å²) in [6.07, 6.45) is 13.6. The number of rotatable bonds is 0. The molecule has 3 fully saturated rings. The average molecular weight is 314 g/mol. The summed E-state index contributed by atoms with van der Waals surface area (Å²) >= 11 is 0. The first-order chi connectivity index (χ1) is 10.8. The van der Waals surface area contributed by atoms with E-state index < -0.39 is 11.2 Å². The quantitative estimate of drug-likeness (QED) is 0.676. The molecule has 4 rings (SSSR count). The van der Waals surface area contributed by atoms with Gasteiger partial charge in [-0.1, -0.05) is 12.8 Å². The van der Waals surface area contributed by atoms with Gasteiger partial charge in [0.15, 0.2) is 5.78 Å². The second-order valence-corrected chi connectivity index (χ2v) is 8.48. The molecule has 124 valence electrons. The molecule has 0 bridgehead atoms. The highest BCUT2D eigenvalue weighted by molar-refractivity contribution is 5.92. The molecular formula is C20H26O3. The molecule has 0 aromatic carbocycles. The lowest BCUT2D eigenvalue weighted by Crippen LogP contribution is -2.57. The largest absolute Gasteiger partial charge is 0.385 e. The molecule has 23 heavy (non-hydrogen) atoms. The van der Waals surface area contributed by atoms with Crippen molar-refractivity contribution in [1.82, 2.24) is 0 Å². The number of carbonyl (C=O) groups excluding carboxylic acids is 1. The highest BCUT2D eigenvalue weighted by atomic mass is 16.3. The molecule has 0 saturated heterocycles. The van der Waals surface area contributed by atoms with Crippen molar-refractivity contribution in [3.8, 4) is 12.3 Å². The molecule has 0 heterocycles. The normalized spacial score (nSPS) is 52.0. The van der Waals surface area contributed by atoms with Crippen LogP contribution in [-0.4, -0.2) is 27.2 Å². The molecule has 0 amide bonds. The number of carbonyl (C=O) groups is 1. The van der Waals surface area contributed by atoms with E-state index in [4.69, 9.17) is 6.42 Å². The first-order valence-corrected chi connectivity index (χ1v) is 9.00. The van der Waals surface area contributed by atoms with E-state index in [9.17, 15) is 15.0 Å². The monoisotopic (exact) mass is 314 g/mol. The van der Waals surface area contributed by atoms with Gasteiger partial charge >= 0.3 is 0 Å². The van der Waals surface area contributed by atoms with E-state index in [1.807, 2.05) is 0 Å². The third kappa shape index (κ3) is 1.83. The van der Waals surface area contributed by atoms with E-state index in [2.05, 4.69) is 12.8 Å². The minimum atomic E-state index is -0.996. The van der Waals surface area contributed by atoms with Gasteiger partial charge in [-0.25, -0.2) is 0 Å². The topological polar surface area (TPSA) is 57.5 Å². The zero-order valence-electron chi connectivity index (χ0n) is 13.8. The molecule has 3 saturated carbocycles. The van der Waals surface area contributed by atoms with E-state index in [1.165, 1.54) is 0 Å². The highest BCUT2D eigenvalue weighted by Gasteiger charge is 2.64. The Morgan fingerprint density at radius 3 is 2.61 bits per heavy atom. The minimum Gasteiger partial charge on any atom is -0.385 e. The van der Waals surface area contributed by atoms with Gasteiger partial charge in [-0.05, 0) is 74.3 Å². The Balaban J connectivity index is 1.70. The van der Waals surface area contributed by atoms with Gasteiger partial charge in [0.25, 0.3) is 0 Å². The number of ketones is 1. The van der Waals surface area contributed by atoms with Crippen LogP contribution in [0.25, 0.3) is 0 Å². The number of hydrogen-bond donors (Lipinski definition) is 2. The SMILES string of the molecule is C#C[C@]1(O)CC[C@@H]2[C@@H]3CCC4=CC(=O)CC[C@]4(O)[C@@H]3CC[C@@]21C. The summed E-state index contributed by atoms with van der Waals surface area (Å²) in [7, 11) is 0. The summed E-state index contributed by atoms with van der Waals surface area (Å²) in [5.41, 5.74) is -1.06. The first-order valence-electron chi connectivity index (χ1n) is 9.00. The molecule has 3 heteroatoms. The lowest BCUT2D eigenvalue weighted by molar-refractivity contribution is -0.136. The van der Waals surface area contributed by atoms with Crippen LogP contribution in [0.5, 0.6) is 0 Å². The molecule has 2 N–H and O–H groups in total. The van der Waals surface area contributed by atoms with Gasteiger partial charge in [0, 0.05) is 11.8 Å². The van der Waals surface area contributed by atoms with E-state index >= 15 is 0 Å². The fourth-order valence-corrected chi connectivity index (χ4v) is 6.44. The molecule has 4 aliphatic carbocycles. The predicted octanol–water partition coefficient (Wildman–Crippen LogP) is 2.61. The Kier molecular flexibility index (Phi) is 3.16. The molecule has 0 aromatic rings. The van der Waals surface area contributed by atoms with Crippen molar-refractivity contribution < 1.29 is 15.0 Å². The second-order valence-electron chi connectivity index (χ2n) is 8.48. The smallest absolute Gasteiger partial charge is 0.155 e. The van der Waals surface area contributed by atoms with Gasteiger partial charge in [-0.2, -0.15) is 0 Å². The van der Waals surface area contributed by atoms with Crippen LogP contribution in [0.3, 0.4) is 0 Å². The average Bonchev–Trinajstić information content (AvgIpc) is 2.80. The van der Waals surface area contributed by atoms with Gasteiger partial charge in [-0.3, -0.25) is 4.79 Å². The first kappa shape index (κ1) is 15.4. The van der Waals surface area contributed by atoms with Crippen molar-refractivity contribution in [2.45, 2.75) is 69.5 Å². The van der Waals surface area contributed by atoms with Gasteiger partial charge in [0.05, 0.1) is 5.60 Å². The fourth-order valence-electron chi connectivity index (χ4n) is 6.44. The van der Waals surface area contributed by atoms with Gasteiger partial charge in [0.1, 0.15) is 5.60 Å². The van der Waals surface area contributed by atoms with Crippen molar-refractivity contribution in [3.63, 3.8) is 0 Å². The maximum Gasteiger partial charge on any atom is 0.155 e. The highest BCUT2D eigenvalue weighted by Crippen LogP contribution is 2.65. The second kappa shape index (κ2) is 4.71. The van der Waals surface area contributed by atoms with Crippen LogP contribution in [-0.2, 0) is 4.79 Å². The molecule has 0 aliphatic heterocycles. The number of terminal acetylenes is 1. The summed E-state index contributed by atoms with van der Waals surface area (Å²) in [4.78, 5) is 11.7. The van der Waals surface area contributed by atoms with Crippen molar-refractivity contribution in [2.24, 2.45) is 23.2 Å². The molecule has 4 aliphatic rings. The number of fused-ring (bicyclic) bond motifs is 5. The molecular weight excluding hydrogens is 288 g/mol. The maximum absolute atomic E-state index is 11.7. The van der Waals surface area contributed by atoms with Crippen LogP contribution in [0.15, 0.2) is 11.6 Å². The zero-order chi connectivity index (χ0) is 16.5. The third-order valence-electron chi connectivity index (χ3n) is 7.83. The predicted molar refractivity (Wildman–Crippen MR) is 87.3 cm³/mol. The molecule has 3 nitrogen and oxygen atoms in total. The van der Waals surface area contributed by atoms with Crippen molar-refractivity contribution in [2.75, 3.05) is 0 Å². The molecule has 0 spiro atoms. The lowest BCUT2D eigenvalue weighted by Gasteiger charge is -2.57. The van der Waals surface area contributed by atoms with Gasteiger partial charge in [0.2, 0.25) is 0 Å². The Hall–Kier alpha value is -1.11. The van der Waals surface area contributed by atoms with Gasteiger partial charge < -0.3 is 10.2 Å². The van der Waals surface area contributed by atoms with E-state index in [1.54, 1.807) is 6.08 Å². The number of aliphatic hydroxyl groups is 2. The maximum atomic E-state index is 11.7. The Bertz CT molecular complexity index is 629. The van der Waals surface area contributed by atoms with Gasteiger partial charge in [-0.15, -0.1) is 6.42 Å². The van der Waals surface area contributed by atoms with Crippen LogP contribution in [0.4, 0.5) is 0 Å². The fraction of sp³-hybridized carbons (Fsp3) is 0.750. The third-order valence-corrected chi connectivity index (χ3v) is 7.83. The molecule has 6 atom stereocenters. The van der Waals surface area contributed by atoms with Crippen molar-refractivity contribution in [3.05, 3.63) is 11.6 Å². The van der Waals surface area contributed by atoms with E-state index in [0.29, 0.717) is 31.1 Å². The Morgan fingerprint density at radius 2 is 1.87 bits per heavy atom. The van der Waals surface area contributed by atoms with Crippen molar-refractivity contribution >= 4 is 5.78 Å².